The quantitative estimate of drug-likeness (QED) is 0.401. The summed E-state index contributed by atoms with van der Waals surface area (Å²) in [6.45, 7) is 8.76. The molecule has 9 heteroatoms. The number of aryl methyl sites for hydroxylation is 2. The largest absolute Gasteiger partial charge is 0.322 e. The van der Waals surface area contributed by atoms with Crippen molar-refractivity contribution in [1.82, 2.24) is 30.0 Å². The maximum atomic E-state index is 13.0. The molecule has 5 rings (SSSR count). The molecule has 0 radical (unpaired) electrons. The highest BCUT2D eigenvalue weighted by Gasteiger charge is 2.16. The average molecular weight is 514 g/mol. The van der Waals surface area contributed by atoms with Gasteiger partial charge < -0.3 is 10.2 Å². The Balaban J connectivity index is 1.28. The molecule has 37 heavy (non-hydrogen) atoms. The predicted octanol–water partition coefficient (Wildman–Crippen LogP) is 4.02. The van der Waals surface area contributed by atoms with Crippen molar-refractivity contribution in [2.24, 2.45) is 0 Å². The number of aromatic nitrogens is 4. The Labute approximate surface area is 221 Å². The van der Waals surface area contributed by atoms with Gasteiger partial charge in [-0.15, -0.1) is 0 Å². The number of halogens is 1. The molecule has 3 aromatic heterocycles. The van der Waals surface area contributed by atoms with Gasteiger partial charge in [0.25, 0.3) is 5.91 Å². The van der Waals surface area contributed by atoms with E-state index in [0.717, 1.165) is 60.6 Å². The fourth-order valence-electron chi connectivity index (χ4n) is 4.21. The Morgan fingerprint density at radius 2 is 1.89 bits per heavy atom. The Hall–Kier alpha value is -3.77. The van der Waals surface area contributed by atoms with Crippen molar-refractivity contribution in [1.29, 1.82) is 0 Å². The highest BCUT2D eigenvalue weighted by molar-refractivity contribution is 6.31. The van der Waals surface area contributed by atoms with E-state index in [1.807, 2.05) is 32.0 Å². The van der Waals surface area contributed by atoms with Gasteiger partial charge in [0, 0.05) is 78.0 Å². The van der Waals surface area contributed by atoms with Crippen molar-refractivity contribution in [2.45, 2.75) is 20.4 Å². The standard InChI is InChI=1S/C28H28ClN7O/c1-18-21(5-4-20-12-25-19(2)33-34-27(25)31-15-20)13-23(16-30-18)28(37)32-24-7-6-22(26(29)14-24)17-36-10-8-35(3)9-11-36/h6-7,12-16H,8-11,17H2,1-3H3,(H,32,37)(H,31,33,34). The van der Waals surface area contributed by atoms with Crippen molar-refractivity contribution >= 4 is 34.2 Å². The van der Waals surface area contributed by atoms with Crippen molar-refractivity contribution in [2.75, 3.05) is 38.5 Å². The molecular weight excluding hydrogens is 486 g/mol. The summed E-state index contributed by atoms with van der Waals surface area (Å²) < 4.78 is 0. The summed E-state index contributed by atoms with van der Waals surface area (Å²) in [4.78, 5) is 26.4. The van der Waals surface area contributed by atoms with Crippen LogP contribution in [0, 0.1) is 25.7 Å². The third kappa shape index (κ3) is 5.81. The number of benzene rings is 1. The van der Waals surface area contributed by atoms with E-state index >= 15 is 0 Å². The number of fused-ring (bicyclic) bond motifs is 1. The third-order valence-electron chi connectivity index (χ3n) is 6.59. The number of nitrogens with one attached hydrogen (secondary N) is 2. The maximum Gasteiger partial charge on any atom is 0.257 e. The summed E-state index contributed by atoms with van der Waals surface area (Å²) in [5.74, 6) is 5.99. The fraction of sp³-hybridized carbons (Fsp3) is 0.286. The number of hydrogen-bond donors (Lipinski definition) is 2. The van der Waals surface area contributed by atoms with Gasteiger partial charge in [-0.05, 0) is 50.7 Å². The predicted molar refractivity (Wildman–Crippen MR) is 146 cm³/mol. The van der Waals surface area contributed by atoms with Crippen LogP contribution >= 0.6 is 11.6 Å². The molecule has 0 aliphatic carbocycles. The van der Waals surface area contributed by atoms with E-state index in [0.29, 0.717) is 27.5 Å². The molecule has 0 unspecified atom stereocenters. The fourth-order valence-corrected chi connectivity index (χ4v) is 4.46. The van der Waals surface area contributed by atoms with E-state index in [9.17, 15) is 4.79 Å². The van der Waals surface area contributed by atoms with Crippen LogP contribution in [-0.4, -0.2) is 69.1 Å². The number of anilines is 1. The lowest BCUT2D eigenvalue weighted by Crippen LogP contribution is -2.43. The zero-order chi connectivity index (χ0) is 25.9. The molecule has 188 valence electrons. The first-order valence-corrected chi connectivity index (χ1v) is 12.5. The average Bonchev–Trinajstić information content (AvgIpc) is 3.26. The molecule has 0 spiro atoms. The first kappa shape index (κ1) is 24.9. The van der Waals surface area contributed by atoms with Gasteiger partial charge in [-0.2, -0.15) is 5.10 Å². The molecule has 1 aliphatic heterocycles. The molecule has 0 bridgehead atoms. The van der Waals surface area contributed by atoms with Gasteiger partial charge in [-0.25, -0.2) is 4.98 Å². The van der Waals surface area contributed by atoms with Crippen LogP contribution in [0.15, 0.2) is 42.7 Å². The molecule has 2 N–H and O–H groups in total. The van der Waals surface area contributed by atoms with Gasteiger partial charge in [-0.1, -0.05) is 29.5 Å². The van der Waals surface area contributed by atoms with Crippen LogP contribution in [0.3, 0.4) is 0 Å². The maximum absolute atomic E-state index is 13.0. The zero-order valence-corrected chi connectivity index (χ0v) is 21.9. The summed E-state index contributed by atoms with van der Waals surface area (Å²) in [7, 11) is 2.14. The number of carbonyl (C=O) groups excluding carboxylic acids is 1. The van der Waals surface area contributed by atoms with Gasteiger partial charge in [0.2, 0.25) is 0 Å². The lowest BCUT2D eigenvalue weighted by molar-refractivity contribution is 0.102. The molecule has 4 heterocycles. The molecule has 1 saturated heterocycles. The van der Waals surface area contributed by atoms with E-state index < -0.39 is 0 Å². The van der Waals surface area contributed by atoms with Crippen molar-refractivity contribution in [3.63, 3.8) is 0 Å². The van der Waals surface area contributed by atoms with Crippen LogP contribution in [0.4, 0.5) is 5.69 Å². The topological polar surface area (TPSA) is 90.0 Å². The van der Waals surface area contributed by atoms with Crippen LogP contribution in [0.2, 0.25) is 5.02 Å². The summed E-state index contributed by atoms with van der Waals surface area (Å²) in [5.41, 5.74) is 5.90. The van der Waals surface area contributed by atoms with E-state index in [-0.39, 0.29) is 5.91 Å². The second-order valence-corrected chi connectivity index (χ2v) is 9.80. The highest BCUT2D eigenvalue weighted by Crippen LogP contribution is 2.23. The number of piperazine rings is 1. The minimum absolute atomic E-state index is 0.268. The van der Waals surface area contributed by atoms with E-state index in [1.54, 1.807) is 24.5 Å². The molecule has 0 saturated carbocycles. The summed E-state index contributed by atoms with van der Waals surface area (Å²) >= 11 is 6.56. The number of rotatable bonds is 4. The number of nitrogens with zero attached hydrogens (tertiary/aromatic N) is 5. The third-order valence-corrected chi connectivity index (χ3v) is 6.94. The number of carbonyl (C=O) groups is 1. The van der Waals surface area contributed by atoms with Gasteiger partial charge >= 0.3 is 0 Å². The Morgan fingerprint density at radius 1 is 1.08 bits per heavy atom. The summed E-state index contributed by atoms with van der Waals surface area (Å²) in [6, 6.07) is 9.37. The van der Waals surface area contributed by atoms with Gasteiger partial charge in [-0.3, -0.25) is 19.8 Å². The smallest absolute Gasteiger partial charge is 0.257 e. The van der Waals surface area contributed by atoms with E-state index in [2.05, 4.69) is 54.2 Å². The number of aromatic amines is 1. The summed E-state index contributed by atoms with van der Waals surface area (Å²) in [6.07, 6.45) is 3.24. The molecule has 8 nitrogen and oxygen atoms in total. The first-order valence-electron chi connectivity index (χ1n) is 12.2. The Bertz CT molecular complexity index is 1530. The monoisotopic (exact) mass is 513 g/mol. The number of amides is 1. The lowest BCUT2D eigenvalue weighted by atomic mass is 10.1. The molecule has 1 aliphatic rings. The molecule has 1 fully saturated rings. The second kappa shape index (κ2) is 10.7. The molecular formula is C28H28ClN7O. The number of hydrogen-bond acceptors (Lipinski definition) is 6. The lowest BCUT2D eigenvalue weighted by Gasteiger charge is -2.32. The second-order valence-electron chi connectivity index (χ2n) is 9.39. The highest BCUT2D eigenvalue weighted by atomic mass is 35.5. The number of likely N-dealkylation sites (N-methyl/N-ethyl adjacent to an activating group) is 1. The van der Waals surface area contributed by atoms with Crippen molar-refractivity contribution in [3.8, 4) is 11.8 Å². The Kier molecular flexibility index (Phi) is 7.19. The Morgan fingerprint density at radius 3 is 2.68 bits per heavy atom. The van der Waals surface area contributed by atoms with E-state index in [4.69, 9.17) is 11.6 Å². The minimum atomic E-state index is -0.268. The van der Waals surface area contributed by atoms with Crippen molar-refractivity contribution < 1.29 is 4.79 Å². The number of H-pyrrole nitrogens is 1. The number of pyridine rings is 2. The van der Waals surface area contributed by atoms with Crippen molar-refractivity contribution in [3.05, 3.63) is 81.4 Å². The molecule has 1 amide bonds. The molecule has 1 aromatic carbocycles. The zero-order valence-electron chi connectivity index (χ0n) is 21.1. The van der Waals surface area contributed by atoms with Gasteiger partial charge in [0.05, 0.1) is 11.3 Å². The van der Waals surface area contributed by atoms with Crippen LogP contribution < -0.4 is 5.32 Å². The molecule has 0 atom stereocenters. The minimum Gasteiger partial charge on any atom is -0.322 e. The first-order chi connectivity index (χ1) is 17.9. The SMILES string of the molecule is Cc1ncc(C(=O)Nc2ccc(CN3CCN(C)CC3)c(Cl)c2)cc1C#Cc1cnc2n[nH]c(C)c2c1. The van der Waals surface area contributed by atoms with Crippen LogP contribution in [0.1, 0.15) is 38.4 Å². The molecule has 4 aromatic rings. The van der Waals surface area contributed by atoms with Crippen LogP contribution in [0.5, 0.6) is 0 Å². The normalized spacial score (nSPS) is 14.4. The van der Waals surface area contributed by atoms with E-state index in [1.165, 1.54) is 0 Å². The van der Waals surface area contributed by atoms with Gasteiger partial charge in [0.1, 0.15) is 0 Å². The van der Waals surface area contributed by atoms with Gasteiger partial charge in [0.15, 0.2) is 5.65 Å². The van der Waals surface area contributed by atoms with Crippen LogP contribution in [-0.2, 0) is 6.54 Å². The summed E-state index contributed by atoms with van der Waals surface area (Å²) in [5, 5.41) is 11.6. The van der Waals surface area contributed by atoms with Crippen LogP contribution in [0.25, 0.3) is 11.0 Å².